The number of ketones is 1. The van der Waals surface area contributed by atoms with E-state index in [4.69, 9.17) is 9.47 Å². The number of cyclic esters (lactones) is 1. The number of phenolic OH excluding ortho intramolecular Hbond substituents is 1. The summed E-state index contributed by atoms with van der Waals surface area (Å²) in [5.41, 5.74) is 1.77. The number of esters is 2. The number of rotatable bonds is 7. The summed E-state index contributed by atoms with van der Waals surface area (Å²) >= 11 is 0. The zero-order valence-electron chi connectivity index (χ0n) is 27.0. The average molecular weight is 646 g/mol. The number of carbonyl (C=O) groups is 3. The lowest BCUT2D eigenvalue weighted by Gasteiger charge is -2.40. The number of aliphatic hydroxyl groups excluding tert-OH is 2. The van der Waals surface area contributed by atoms with Gasteiger partial charge in [0.1, 0.15) is 29.0 Å². The maximum atomic E-state index is 13.9. The van der Waals surface area contributed by atoms with E-state index in [0.717, 1.165) is 0 Å². The molecule has 0 aromatic heterocycles. The van der Waals surface area contributed by atoms with E-state index in [1.807, 2.05) is 6.07 Å². The third-order valence-corrected chi connectivity index (χ3v) is 9.53. The van der Waals surface area contributed by atoms with Gasteiger partial charge >= 0.3 is 11.9 Å². The van der Waals surface area contributed by atoms with Crippen molar-refractivity contribution in [3.8, 4) is 23.3 Å². The summed E-state index contributed by atoms with van der Waals surface area (Å²) in [6, 6.07) is 8.50. The summed E-state index contributed by atoms with van der Waals surface area (Å²) in [4.78, 5) is 38.5. The van der Waals surface area contributed by atoms with Crippen molar-refractivity contribution >= 4 is 23.4 Å². The maximum absolute atomic E-state index is 13.9. The second-order valence-electron chi connectivity index (χ2n) is 13.1. The number of anilines is 1. The molecule has 5 rings (SSSR count). The molecule has 1 fully saturated rings. The standard InChI is InChI=1S/C37H43NO9/c1-4-23-13-24(26-11-22(20-39)12-29(14-26)38-19-21(2)40)5-6-25-17-35(43)46-33-18-32(42)27(15-31(25)33)16-34(47-36(23)44)37(3,45)28-7-9-30(41)10-8-28/h4,11-12,14-15,18,21,24-25,28,34,38-40,42,45H,7-10,13,16-17,19-20H2,1-3H3. The van der Waals surface area contributed by atoms with Gasteiger partial charge in [0.25, 0.3) is 0 Å². The Hall–Kier alpha value is -4.17. The van der Waals surface area contributed by atoms with Crippen molar-refractivity contribution in [1.82, 2.24) is 0 Å². The van der Waals surface area contributed by atoms with E-state index in [2.05, 4.69) is 17.2 Å². The zero-order chi connectivity index (χ0) is 33.9. The fourth-order valence-corrected chi connectivity index (χ4v) is 6.66. The van der Waals surface area contributed by atoms with Crippen LogP contribution in [0.25, 0.3) is 0 Å². The van der Waals surface area contributed by atoms with Crippen LogP contribution in [-0.4, -0.2) is 62.5 Å². The van der Waals surface area contributed by atoms with E-state index in [0.29, 0.717) is 59.2 Å². The van der Waals surface area contributed by atoms with Gasteiger partial charge in [-0.2, -0.15) is 0 Å². The maximum Gasteiger partial charge on any atom is 0.334 e. The summed E-state index contributed by atoms with van der Waals surface area (Å²) in [7, 11) is 0. The molecule has 0 spiro atoms. The Labute approximate surface area is 274 Å². The summed E-state index contributed by atoms with van der Waals surface area (Å²) < 4.78 is 11.6. The van der Waals surface area contributed by atoms with E-state index in [1.165, 1.54) is 6.07 Å². The third-order valence-electron chi connectivity index (χ3n) is 9.53. The van der Waals surface area contributed by atoms with Crippen molar-refractivity contribution in [2.24, 2.45) is 5.92 Å². The smallest absolute Gasteiger partial charge is 0.334 e. The Morgan fingerprint density at radius 1 is 1.04 bits per heavy atom. The molecule has 3 aliphatic rings. The van der Waals surface area contributed by atoms with Crippen LogP contribution in [0.4, 0.5) is 5.69 Å². The minimum absolute atomic E-state index is 0.0159. The minimum Gasteiger partial charge on any atom is -0.508 e. The zero-order valence-corrected chi connectivity index (χ0v) is 27.0. The van der Waals surface area contributed by atoms with E-state index in [1.54, 1.807) is 45.0 Å². The normalized spacial score (nSPS) is 24.8. The first-order chi connectivity index (χ1) is 22.4. The van der Waals surface area contributed by atoms with E-state index >= 15 is 0 Å². The highest BCUT2D eigenvalue weighted by atomic mass is 16.6. The minimum atomic E-state index is -1.53. The Balaban J connectivity index is 1.62. The van der Waals surface area contributed by atoms with Crippen molar-refractivity contribution in [3.63, 3.8) is 0 Å². The van der Waals surface area contributed by atoms with Crippen LogP contribution in [0.1, 0.15) is 93.4 Å². The second-order valence-corrected chi connectivity index (χ2v) is 13.1. The molecule has 1 aliphatic carbocycles. The molecule has 2 aromatic rings. The van der Waals surface area contributed by atoms with Gasteiger partial charge in [-0.25, -0.2) is 4.79 Å². The molecule has 47 heavy (non-hydrogen) atoms. The number of aromatic hydroxyl groups is 1. The number of nitrogens with one attached hydrogen (secondary N) is 1. The molecule has 10 heteroatoms. The number of fused-ring (bicyclic) bond motifs is 1. The number of hydrogen-bond acceptors (Lipinski definition) is 10. The molecular weight excluding hydrogens is 602 g/mol. The Morgan fingerprint density at radius 3 is 2.45 bits per heavy atom. The SMILES string of the molecule is CC=C1CC(c2cc(CO)cc(NCC(C)O)c2)C#CC2CC(=O)Oc3cc(O)c(cc32)CC(C(C)(O)C2CCC(=O)CC2)OC1=O. The van der Waals surface area contributed by atoms with Crippen LogP contribution >= 0.6 is 0 Å². The molecule has 5 atom stereocenters. The fraction of sp³-hybridized carbons (Fsp3) is 0.486. The fourth-order valence-electron chi connectivity index (χ4n) is 6.66. The van der Waals surface area contributed by atoms with Gasteiger partial charge in [0.15, 0.2) is 0 Å². The lowest BCUT2D eigenvalue weighted by atomic mass is 9.73. The molecule has 10 nitrogen and oxygen atoms in total. The number of aliphatic hydroxyl groups is 3. The number of benzene rings is 2. The molecule has 5 N–H and O–H groups in total. The summed E-state index contributed by atoms with van der Waals surface area (Å²) in [5.74, 6) is 4.12. The first-order valence-electron chi connectivity index (χ1n) is 16.2. The van der Waals surface area contributed by atoms with Gasteiger partial charge in [0, 0.05) is 54.6 Å². The van der Waals surface area contributed by atoms with Crippen LogP contribution in [0.3, 0.4) is 0 Å². The topological polar surface area (TPSA) is 163 Å². The Bertz CT molecular complexity index is 1620. The predicted octanol–water partition coefficient (Wildman–Crippen LogP) is 4.17. The molecule has 2 aromatic carbocycles. The average Bonchev–Trinajstić information content (AvgIpc) is 3.04. The highest BCUT2D eigenvalue weighted by Gasteiger charge is 2.44. The van der Waals surface area contributed by atoms with E-state index in [9.17, 15) is 34.8 Å². The molecule has 0 saturated heterocycles. The number of phenols is 1. The van der Waals surface area contributed by atoms with Gasteiger partial charge in [-0.05, 0) is 80.8 Å². The van der Waals surface area contributed by atoms with Gasteiger partial charge in [0.2, 0.25) is 0 Å². The molecule has 250 valence electrons. The Morgan fingerprint density at radius 2 is 1.77 bits per heavy atom. The summed E-state index contributed by atoms with van der Waals surface area (Å²) in [6.07, 6.45) is 1.62. The van der Waals surface area contributed by atoms with Crippen molar-refractivity contribution in [2.45, 2.75) is 102 Å². The summed E-state index contributed by atoms with van der Waals surface area (Å²) in [6.45, 7) is 5.03. The lowest BCUT2D eigenvalue weighted by Crippen LogP contribution is -2.50. The first-order valence-corrected chi connectivity index (χ1v) is 16.2. The molecular formula is C37H43NO9. The largest absolute Gasteiger partial charge is 0.508 e. The highest BCUT2D eigenvalue weighted by Crippen LogP contribution is 2.42. The second kappa shape index (κ2) is 14.3. The number of ether oxygens (including phenoxy) is 2. The quantitative estimate of drug-likeness (QED) is 0.128. The number of carbonyl (C=O) groups excluding carboxylic acids is 3. The van der Waals surface area contributed by atoms with Crippen molar-refractivity contribution in [2.75, 3.05) is 11.9 Å². The highest BCUT2D eigenvalue weighted by molar-refractivity contribution is 5.89. The van der Waals surface area contributed by atoms with Crippen LogP contribution < -0.4 is 10.1 Å². The van der Waals surface area contributed by atoms with Crippen molar-refractivity contribution < 1.29 is 44.3 Å². The van der Waals surface area contributed by atoms with Gasteiger partial charge in [-0.1, -0.05) is 24.0 Å². The predicted molar refractivity (Wildman–Crippen MR) is 174 cm³/mol. The Kier molecular flexibility index (Phi) is 10.4. The van der Waals surface area contributed by atoms with E-state index in [-0.39, 0.29) is 55.6 Å². The lowest BCUT2D eigenvalue weighted by molar-refractivity contribution is -0.169. The molecule has 0 amide bonds. The van der Waals surface area contributed by atoms with Gasteiger partial charge < -0.3 is 35.2 Å². The molecule has 2 aliphatic heterocycles. The molecule has 2 bridgehead atoms. The number of Topliss-reactive ketones (excluding diaryl/α,β-unsaturated/α-hetero) is 1. The van der Waals surface area contributed by atoms with Crippen LogP contribution in [0.2, 0.25) is 0 Å². The van der Waals surface area contributed by atoms with Gasteiger partial charge in [0.05, 0.1) is 25.0 Å². The van der Waals surface area contributed by atoms with Gasteiger partial charge in [-0.15, -0.1) is 0 Å². The summed E-state index contributed by atoms with van der Waals surface area (Å²) in [5, 5.41) is 46.1. The number of allylic oxidation sites excluding steroid dienone is 1. The van der Waals surface area contributed by atoms with Crippen LogP contribution in [-0.2, 0) is 32.1 Å². The van der Waals surface area contributed by atoms with Crippen LogP contribution in [0, 0.1) is 17.8 Å². The monoisotopic (exact) mass is 645 g/mol. The van der Waals surface area contributed by atoms with Crippen molar-refractivity contribution in [3.05, 3.63) is 64.2 Å². The van der Waals surface area contributed by atoms with Crippen LogP contribution in [0.5, 0.6) is 11.5 Å². The van der Waals surface area contributed by atoms with Crippen LogP contribution in [0.15, 0.2) is 42.0 Å². The van der Waals surface area contributed by atoms with Crippen molar-refractivity contribution in [1.29, 1.82) is 0 Å². The molecule has 5 unspecified atom stereocenters. The van der Waals surface area contributed by atoms with E-state index < -0.39 is 41.6 Å². The third kappa shape index (κ3) is 7.87. The first kappa shape index (κ1) is 34.2. The molecule has 2 heterocycles. The number of hydrogen-bond donors (Lipinski definition) is 5. The van der Waals surface area contributed by atoms with Gasteiger partial charge in [-0.3, -0.25) is 9.59 Å². The molecule has 1 saturated carbocycles. The molecule has 0 radical (unpaired) electrons.